The number of esters is 2. The Morgan fingerprint density at radius 1 is 0.348 bits per heavy atom. The minimum atomic E-state index is -0.590. The van der Waals surface area contributed by atoms with Crippen molar-refractivity contribution >= 4 is 11.9 Å². The van der Waals surface area contributed by atoms with Gasteiger partial charge in [-0.1, -0.05) is 220 Å². The van der Waals surface area contributed by atoms with Gasteiger partial charge < -0.3 is 14.2 Å². The van der Waals surface area contributed by atoms with Gasteiger partial charge in [-0.25, -0.2) is 0 Å². The van der Waals surface area contributed by atoms with Gasteiger partial charge in [0, 0.05) is 19.4 Å². The van der Waals surface area contributed by atoms with Crippen LogP contribution < -0.4 is 0 Å². The van der Waals surface area contributed by atoms with Crippen LogP contribution >= 0.6 is 0 Å². The van der Waals surface area contributed by atoms with E-state index in [1.54, 1.807) is 0 Å². The van der Waals surface area contributed by atoms with Crippen LogP contribution in [0.3, 0.4) is 0 Å². The summed E-state index contributed by atoms with van der Waals surface area (Å²) in [6.07, 6.45) is 76.9. The lowest BCUT2D eigenvalue weighted by Gasteiger charge is -2.18. The number of hydrogen-bond donors (Lipinski definition) is 0. The quantitative estimate of drug-likeness (QED) is 0.0346. The third-order valence-electron chi connectivity index (χ3n) is 11.3. The number of hydrogen-bond acceptors (Lipinski definition) is 5. The summed E-state index contributed by atoms with van der Waals surface area (Å²) in [6.45, 7) is 7.55. The molecule has 0 fully saturated rings. The zero-order chi connectivity index (χ0) is 47.7. The first-order valence-electron chi connectivity index (χ1n) is 27.4. The monoisotopic (exact) mass is 915 g/mol. The number of ether oxygens (including phenoxy) is 3. The Balaban J connectivity index is 4.37. The molecular formula is C61H102O5. The molecule has 0 aliphatic rings. The Morgan fingerprint density at radius 2 is 0.712 bits per heavy atom. The van der Waals surface area contributed by atoms with Gasteiger partial charge in [0.05, 0.1) is 6.61 Å². The average Bonchev–Trinajstić information content (AvgIpc) is 3.32. The van der Waals surface area contributed by atoms with Gasteiger partial charge in [-0.15, -0.1) is 0 Å². The third-order valence-corrected chi connectivity index (χ3v) is 11.3. The molecule has 0 N–H and O–H groups in total. The van der Waals surface area contributed by atoms with Gasteiger partial charge in [-0.3, -0.25) is 9.59 Å². The first-order chi connectivity index (χ1) is 32.6. The summed E-state index contributed by atoms with van der Waals surface area (Å²) in [6, 6.07) is 0. The molecule has 0 aromatic rings. The minimum Gasteiger partial charge on any atom is -0.462 e. The summed E-state index contributed by atoms with van der Waals surface area (Å²) >= 11 is 0. The van der Waals surface area contributed by atoms with Crippen molar-refractivity contribution in [2.75, 3.05) is 19.8 Å². The van der Waals surface area contributed by atoms with E-state index in [0.717, 1.165) is 83.5 Å². The molecule has 5 heteroatoms. The molecular weight excluding hydrogens is 813 g/mol. The van der Waals surface area contributed by atoms with Crippen molar-refractivity contribution in [3.63, 3.8) is 0 Å². The van der Waals surface area contributed by atoms with Crippen LogP contribution in [0.1, 0.15) is 239 Å². The molecule has 1 unspecified atom stereocenters. The smallest absolute Gasteiger partial charge is 0.306 e. The molecule has 0 radical (unpaired) electrons. The standard InChI is InChI=1S/C61H102O5/c1-4-7-10-13-16-19-22-25-27-29-31-32-34-37-39-42-45-48-51-54-60(62)65-58-59(66-61(63)55-52-49-46-43-40-36-24-21-18-15-12-9-6-3)57-64-56-53-50-47-44-41-38-35-33-30-28-26-23-20-17-14-11-8-5-2/h9,12,16-21,25-28,31-32,36,40,46,49,59H,4-8,10-11,13-15,22-24,29-30,33-35,37-39,41-45,47-48,50-58H2,1-3H3/b12-9-,19-16-,20-17-,21-18-,27-25-,28-26-,32-31-,40-36-,49-46-. The van der Waals surface area contributed by atoms with Crippen LogP contribution in [0, 0.1) is 0 Å². The predicted octanol–water partition coefficient (Wildman–Crippen LogP) is 18.8. The molecule has 0 aliphatic carbocycles. The fourth-order valence-electron chi connectivity index (χ4n) is 7.21. The van der Waals surface area contributed by atoms with E-state index in [0.29, 0.717) is 19.4 Å². The molecule has 0 bridgehead atoms. The van der Waals surface area contributed by atoms with Gasteiger partial charge in [-0.05, 0) is 116 Å². The van der Waals surface area contributed by atoms with Crippen LogP contribution in [0.2, 0.25) is 0 Å². The maximum Gasteiger partial charge on any atom is 0.306 e. The molecule has 0 rings (SSSR count). The molecule has 0 aliphatic heterocycles. The summed E-state index contributed by atoms with van der Waals surface area (Å²) < 4.78 is 17.4. The Morgan fingerprint density at radius 3 is 1.15 bits per heavy atom. The van der Waals surface area contributed by atoms with Crippen LogP contribution in [0.15, 0.2) is 109 Å². The van der Waals surface area contributed by atoms with E-state index in [1.807, 2.05) is 6.08 Å². The van der Waals surface area contributed by atoms with E-state index < -0.39 is 6.10 Å². The molecule has 0 amide bonds. The number of allylic oxidation sites excluding steroid dienone is 18. The van der Waals surface area contributed by atoms with Crippen molar-refractivity contribution in [3.8, 4) is 0 Å². The average molecular weight is 915 g/mol. The number of carbonyl (C=O) groups excluding carboxylic acids is 2. The maximum atomic E-state index is 12.8. The van der Waals surface area contributed by atoms with E-state index in [2.05, 4.69) is 124 Å². The van der Waals surface area contributed by atoms with E-state index >= 15 is 0 Å². The Labute approximate surface area is 408 Å². The number of unbranched alkanes of at least 4 members (excludes halogenated alkanes) is 20. The van der Waals surface area contributed by atoms with E-state index in [9.17, 15) is 9.59 Å². The second kappa shape index (κ2) is 55.9. The van der Waals surface area contributed by atoms with E-state index in [4.69, 9.17) is 14.2 Å². The molecule has 0 saturated carbocycles. The Hall–Kier alpha value is -3.44. The Bertz CT molecular complexity index is 1310. The van der Waals surface area contributed by atoms with Crippen LogP contribution in [-0.4, -0.2) is 37.9 Å². The van der Waals surface area contributed by atoms with Gasteiger partial charge in [-0.2, -0.15) is 0 Å². The molecule has 376 valence electrons. The lowest BCUT2D eigenvalue weighted by Crippen LogP contribution is -2.30. The topological polar surface area (TPSA) is 61.8 Å². The Kier molecular flexibility index (Phi) is 53.0. The number of rotatable bonds is 49. The van der Waals surface area contributed by atoms with E-state index in [1.165, 1.54) is 116 Å². The highest BCUT2D eigenvalue weighted by atomic mass is 16.6. The number of carbonyl (C=O) groups is 2. The maximum absolute atomic E-state index is 12.8. The highest BCUT2D eigenvalue weighted by Gasteiger charge is 2.17. The fraction of sp³-hybridized carbons (Fsp3) is 0.672. The summed E-state index contributed by atoms with van der Waals surface area (Å²) in [4.78, 5) is 25.4. The molecule has 0 spiro atoms. The zero-order valence-electron chi connectivity index (χ0n) is 43.2. The summed E-state index contributed by atoms with van der Waals surface area (Å²) in [5, 5.41) is 0. The minimum absolute atomic E-state index is 0.0417. The van der Waals surface area contributed by atoms with Crippen LogP contribution in [-0.2, 0) is 23.8 Å². The van der Waals surface area contributed by atoms with Crippen molar-refractivity contribution in [2.24, 2.45) is 0 Å². The highest BCUT2D eigenvalue weighted by Crippen LogP contribution is 2.13. The van der Waals surface area contributed by atoms with Crippen molar-refractivity contribution in [1.29, 1.82) is 0 Å². The molecule has 0 heterocycles. The first-order valence-corrected chi connectivity index (χ1v) is 27.4. The first kappa shape index (κ1) is 62.6. The normalized spacial score (nSPS) is 13.1. The third kappa shape index (κ3) is 53.2. The van der Waals surface area contributed by atoms with Crippen LogP contribution in [0.25, 0.3) is 0 Å². The summed E-state index contributed by atoms with van der Waals surface area (Å²) in [7, 11) is 0. The van der Waals surface area contributed by atoms with Gasteiger partial charge in [0.25, 0.3) is 0 Å². The lowest BCUT2D eigenvalue weighted by atomic mass is 10.1. The van der Waals surface area contributed by atoms with Crippen molar-refractivity contribution in [3.05, 3.63) is 109 Å². The van der Waals surface area contributed by atoms with Crippen molar-refractivity contribution < 1.29 is 23.8 Å². The fourth-order valence-corrected chi connectivity index (χ4v) is 7.21. The second-order valence-corrected chi connectivity index (χ2v) is 17.7. The van der Waals surface area contributed by atoms with Crippen LogP contribution in [0.5, 0.6) is 0 Å². The van der Waals surface area contributed by atoms with E-state index in [-0.39, 0.29) is 31.6 Å². The molecule has 0 saturated heterocycles. The molecule has 5 nitrogen and oxygen atoms in total. The van der Waals surface area contributed by atoms with Crippen LogP contribution in [0.4, 0.5) is 0 Å². The molecule has 0 aromatic heterocycles. The van der Waals surface area contributed by atoms with Gasteiger partial charge >= 0.3 is 11.9 Å². The van der Waals surface area contributed by atoms with Gasteiger partial charge in [0.2, 0.25) is 0 Å². The summed E-state index contributed by atoms with van der Waals surface area (Å²) in [5.74, 6) is -0.511. The largest absolute Gasteiger partial charge is 0.462 e. The van der Waals surface area contributed by atoms with Crippen molar-refractivity contribution in [2.45, 2.75) is 245 Å². The second-order valence-electron chi connectivity index (χ2n) is 17.7. The predicted molar refractivity (Wildman–Crippen MR) is 288 cm³/mol. The zero-order valence-corrected chi connectivity index (χ0v) is 43.2. The summed E-state index contributed by atoms with van der Waals surface area (Å²) in [5.41, 5.74) is 0. The SMILES string of the molecule is CC/C=C\C/C=C\C/C=C\C/C=C\CCC(=O)OC(COCCCCCCCCCC/C=C\C/C=C\CCCCC)COC(=O)CCCCCCCC/C=C\C/C=C\C/C=C\CCCCC. The van der Waals surface area contributed by atoms with Gasteiger partial charge in [0.1, 0.15) is 6.61 Å². The molecule has 1 atom stereocenters. The lowest BCUT2D eigenvalue weighted by molar-refractivity contribution is -0.162. The molecule has 66 heavy (non-hydrogen) atoms. The highest BCUT2D eigenvalue weighted by molar-refractivity contribution is 5.70. The van der Waals surface area contributed by atoms with Gasteiger partial charge in [0.15, 0.2) is 6.10 Å². The van der Waals surface area contributed by atoms with Crippen molar-refractivity contribution in [1.82, 2.24) is 0 Å². The molecule has 0 aromatic carbocycles.